The van der Waals surface area contributed by atoms with E-state index >= 15 is 0 Å². The van der Waals surface area contributed by atoms with Crippen LogP contribution in [-0.2, 0) is 13.3 Å². The molecule has 0 aromatic carbocycles. The second-order valence-electron chi connectivity index (χ2n) is 4.56. The van der Waals surface area contributed by atoms with E-state index in [0.29, 0.717) is 24.7 Å². The fourth-order valence-corrected chi connectivity index (χ4v) is 6.33. The Hall–Kier alpha value is -0.163. The van der Waals surface area contributed by atoms with E-state index in [0.717, 1.165) is 5.92 Å². The van der Waals surface area contributed by atoms with Crippen LogP contribution in [-0.4, -0.2) is 29.1 Å². The van der Waals surface area contributed by atoms with Gasteiger partial charge in [-0.3, -0.25) is 0 Å². The van der Waals surface area contributed by atoms with Crippen molar-refractivity contribution in [3.63, 3.8) is 0 Å². The standard InChI is InChI=1S/C12H22O3Si/c1-4-14-16(13-3,15-5-2)12-9-10-6-7-11(12)8-10/h6-7,10-12H,4-5,8-9H2,1-3H3. The third-order valence-electron chi connectivity index (χ3n) is 3.71. The van der Waals surface area contributed by atoms with Gasteiger partial charge in [0.2, 0.25) is 0 Å². The minimum absolute atomic E-state index is 0.479. The summed E-state index contributed by atoms with van der Waals surface area (Å²) in [6.07, 6.45) is 7.12. The molecule has 92 valence electrons. The summed E-state index contributed by atoms with van der Waals surface area (Å²) in [5.41, 5.74) is 0.479. The lowest BCUT2D eigenvalue weighted by atomic mass is 10.1. The molecule has 0 heterocycles. The molecule has 0 aromatic heterocycles. The van der Waals surface area contributed by atoms with Crippen molar-refractivity contribution in [2.75, 3.05) is 20.3 Å². The van der Waals surface area contributed by atoms with Gasteiger partial charge in [0, 0.05) is 25.9 Å². The predicted octanol–water partition coefficient (Wildman–Crippen LogP) is 2.61. The molecule has 0 amide bonds. The molecular formula is C12H22O3Si. The molecule has 2 aliphatic rings. The highest BCUT2D eigenvalue weighted by Crippen LogP contribution is 2.52. The van der Waals surface area contributed by atoms with E-state index in [-0.39, 0.29) is 0 Å². The largest absolute Gasteiger partial charge is 0.504 e. The lowest BCUT2D eigenvalue weighted by Gasteiger charge is -2.35. The van der Waals surface area contributed by atoms with Crippen LogP contribution in [0.2, 0.25) is 5.54 Å². The van der Waals surface area contributed by atoms with Crippen molar-refractivity contribution in [3.05, 3.63) is 12.2 Å². The van der Waals surface area contributed by atoms with E-state index in [9.17, 15) is 0 Å². The maximum atomic E-state index is 5.92. The van der Waals surface area contributed by atoms with Gasteiger partial charge in [-0.15, -0.1) is 0 Å². The first-order valence-corrected chi connectivity index (χ1v) is 8.07. The highest BCUT2D eigenvalue weighted by Gasteiger charge is 2.56. The molecule has 0 spiro atoms. The zero-order chi connectivity index (χ0) is 11.6. The summed E-state index contributed by atoms with van der Waals surface area (Å²) >= 11 is 0. The van der Waals surface area contributed by atoms with Crippen LogP contribution in [0.3, 0.4) is 0 Å². The monoisotopic (exact) mass is 242 g/mol. The Bertz CT molecular complexity index is 261. The molecule has 0 aliphatic heterocycles. The molecule has 0 aromatic rings. The van der Waals surface area contributed by atoms with Crippen LogP contribution in [0.1, 0.15) is 26.7 Å². The minimum atomic E-state index is -2.44. The summed E-state index contributed by atoms with van der Waals surface area (Å²) in [5.74, 6) is 1.35. The van der Waals surface area contributed by atoms with Crippen molar-refractivity contribution in [2.24, 2.45) is 11.8 Å². The van der Waals surface area contributed by atoms with Gasteiger partial charge in [0.15, 0.2) is 0 Å². The van der Waals surface area contributed by atoms with Crippen LogP contribution >= 0.6 is 0 Å². The smallest absolute Gasteiger partial charge is 0.377 e. The molecule has 0 N–H and O–H groups in total. The topological polar surface area (TPSA) is 27.7 Å². The summed E-state index contributed by atoms with van der Waals surface area (Å²) in [4.78, 5) is 0. The van der Waals surface area contributed by atoms with Gasteiger partial charge >= 0.3 is 8.80 Å². The molecule has 16 heavy (non-hydrogen) atoms. The SMILES string of the molecule is CCO[Si](OC)(OCC)C1CC2C=CC1C2. The van der Waals surface area contributed by atoms with Crippen molar-refractivity contribution in [2.45, 2.75) is 32.2 Å². The maximum absolute atomic E-state index is 5.92. The Labute approximate surface area is 99.1 Å². The summed E-state index contributed by atoms with van der Waals surface area (Å²) < 4.78 is 17.5. The second-order valence-corrected chi connectivity index (χ2v) is 7.49. The fourth-order valence-electron chi connectivity index (χ4n) is 3.11. The van der Waals surface area contributed by atoms with Crippen molar-refractivity contribution in [1.29, 1.82) is 0 Å². The van der Waals surface area contributed by atoms with Crippen molar-refractivity contribution in [1.82, 2.24) is 0 Å². The van der Waals surface area contributed by atoms with Crippen molar-refractivity contribution < 1.29 is 13.3 Å². The first-order valence-electron chi connectivity index (χ1n) is 6.27. The lowest BCUT2D eigenvalue weighted by molar-refractivity contribution is 0.0724. The van der Waals surface area contributed by atoms with Gasteiger partial charge in [0.25, 0.3) is 0 Å². The lowest BCUT2D eigenvalue weighted by Crippen LogP contribution is -2.50. The number of allylic oxidation sites excluding steroid dienone is 2. The van der Waals surface area contributed by atoms with Crippen LogP contribution in [0.25, 0.3) is 0 Å². The minimum Gasteiger partial charge on any atom is -0.377 e. The van der Waals surface area contributed by atoms with Crippen LogP contribution < -0.4 is 0 Å². The van der Waals surface area contributed by atoms with Gasteiger partial charge in [0.1, 0.15) is 0 Å². The summed E-state index contributed by atoms with van der Waals surface area (Å²) in [5, 5.41) is 0. The average Bonchev–Trinajstić information content (AvgIpc) is 2.90. The molecule has 0 saturated heterocycles. The van der Waals surface area contributed by atoms with Crippen molar-refractivity contribution in [3.8, 4) is 0 Å². The van der Waals surface area contributed by atoms with Crippen LogP contribution in [0, 0.1) is 11.8 Å². The first-order chi connectivity index (χ1) is 7.75. The van der Waals surface area contributed by atoms with Gasteiger partial charge < -0.3 is 13.3 Å². The van der Waals surface area contributed by atoms with Gasteiger partial charge in [0.05, 0.1) is 0 Å². The van der Waals surface area contributed by atoms with Crippen LogP contribution in [0.4, 0.5) is 0 Å². The Morgan fingerprint density at radius 2 is 1.81 bits per heavy atom. The molecule has 3 nitrogen and oxygen atoms in total. The van der Waals surface area contributed by atoms with Gasteiger partial charge in [-0.2, -0.15) is 0 Å². The number of fused-ring (bicyclic) bond motifs is 2. The molecule has 3 unspecified atom stereocenters. The van der Waals surface area contributed by atoms with E-state index in [1.54, 1.807) is 7.11 Å². The van der Waals surface area contributed by atoms with Gasteiger partial charge in [-0.25, -0.2) is 0 Å². The molecule has 1 fully saturated rings. The quantitative estimate of drug-likeness (QED) is 0.529. The normalized spacial score (nSPS) is 32.6. The first kappa shape index (κ1) is 12.3. The van der Waals surface area contributed by atoms with E-state index in [1.165, 1.54) is 12.8 Å². The Kier molecular flexibility index (Phi) is 3.84. The molecule has 1 saturated carbocycles. The van der Waals surface area contributed by atoms with E-state index in [1.807, 2.05) is 13.8 Å². The van der Waals surface area contributed by atoms with Crippen molar-refractivity contribution >= 4 is 8.80 Å². The van der Waals surface area contributed by atoms with Crippen LogP contribution in [0.15, 0.2) is 12.2 Å². The summed E-state index contributed by atoms with van der Waals surface area (Å²) in [7, 11) is -0.698. The van der Waals surface area contributed by atoms with E-state index < -0.39 is 8.80 Å². The Morgan fingerprint density at radius 1 is 1.12 bits per heavy atom. The Balaban J connectivity index is 2.14. The summed E-state index contributed by atoms with van der Waals surface area (Å²) in [6.45, 7) is 5.39. The second kappa shape index (κ2) is 5.00. The number of rotatable bonds is 6. The fraction of sp³-hybridized carbons (Fsp3) is 0.833. The highest BCUT2D eigenvalue weighted by molar-refractivity contribution is 6.62. The maximum Gasteiger partial charge on any atom is 0.504 e. The molecule has 4 heteroatoms. The third kappa shape index (κ3) is 1.99. The zero-order valence-electron chi connectivity index (χ0n) is 10.4. The number of hydrogen-bond donors (Lipinski definition) is 0. The molecular weight excluding hydrogens is 220 g/mol. The predicted molar refractivity (Wildman–Crippen MR) is 65.1 cm³/mol. The number of hydrogen-bond acceptors (Lipinski definition) is 3. The summed E-state index contributed by atoms with van der Waals surface area (Å²) in [6, 6.07) is 0. The Morgan fingerprint density at radius 3 is 2.19 bits per heavy atom. The van der Waals surface area contributed by atoms with Crippen LogP contribution in [0.5, 0.6) is 0 Å². The highest BCUT2D eigenvalue weighted by atomic mass is 28.4. The van der Waals surface area contributed by atoms with Gasteiger partial charge in [-0.1, -0.05) is 12.2 Å². The van der Waals surface area contributed by atoms with Gasteiger partial charge in [-0.05, 0) is 38.5 Å². The molecule has 0 radical (unpaired) electrons. The van der Waals surface area contributed by atoms with E-state index in [2.05, 4.69) is 12.2 Å². The third-order valence-corrected chi connectivity index (χ3v) is 7.23. The molecule has 2 bridgehead atoms. The molecule has 2 aliphatic carbocycles. The molecule has 3 atom stereocenters. The zero-order valence-corrected chi connectivity index (χ0v) is 11.4. The molecule has 2 rings (SSSR count). The average molecular weight is 242 g/mol. The van der Waals surface area contributed by atoms with E-state index in [4.69, 9.17) is 13.3 Å².